The largest absolute Gasteiger partial charge is 0.363 e. The number of rotatable bonds is 6. The zero-order chi connectivity index (χ0) is 20.1. The minimum Gasteiger partial charge on any atom is -0.363 e. The van der Waals surface area contributed by atoms with E-state index in [-0.39, 0.29) is 5.91 Å². The fourth-order valence-electron chi connectivity index (χ4n) is 3.48. The van der Waals surface area contributed by atoms with Gasteiger partial charge in [-0.1, -0.05) is 11.6 Å². The number of carbonyl (C=O) groups excluding carboxylic acids is 1. The van der Waals surface area contributed by atoms with Crippen molar-refractivity contribution in [3.63, 3.8) is 0 Å². The van der Waals surface area contributed by atoms with Gasteiger partial charge in [0.1, 0.15) is 5.82 Å². The molecule has 2 aromatic rings. The number of nitrogens with one attached hydrogen (secondary N) is 2. The highest BCUT2D eigenvalue weighted by Crippen LogP contribution is 2.26. The Kier molecular flexibility index (Phi) is 6.73. The van der Waals surface area contributed by atoms with Gasteiger partial charge in [-0.25, -0.2) is 4.98 Å². The van der Waals surface area contributed by atoms with Crippen molar-refractivity contribution in [1.82, 2.24) is 15.3 Å². The molecule has 0 radical (unpaired) electrons. The molecule has 1 heterocycles. The van der Waals surface area contributed by atoms with E-state index in [0.29, 0.717) is 35.0 Å². The molecule has 150 valence electrons. The molecule has 0 bridgehead atoms. The number of aryl methyl sites for hydroxylation is 1. The van der Waals surface area contributed by atoms with Gasteiger partial charge in [0.25, 0.3) is 5.91 Å². The molecule has 0 aliphatic heterocycles. The third-order valence-corrected chi connectivity index (χ3v) is 5.39. The molecule has 28 heavy (non-hydrogen) atoms. The average Bonchev–Trinajstić information content (AvgIpc) is 2.67. The quantitative estimate of drug-likeness (QED) is 0.768. The molecule has 3 rings (SSSR count). The fraction of sp³-hybridized carbons (Fsp3) is 0.476. The standard InChI is InChI=1S/C21H28ClN5O/c1-14-12-19(27(2)3)26-21(24-14)25-18-10-4-15(5-11-18)13-23-20(28)16-6-8-17(22)9-7-16/h6-9,12,15,18H,4-5,10-11,13H2,1-3H3,(H,23,28)(H,24,25,26). The first kappa shape index (κ1) is 20.4. The Balaban J connectivity index is 1.46. The van der Waals surface area contributed by atoms with Crippen LogP contribution in [0.5, 0.6) is 0 Å². The summed E-state index contributed by atoms with van der Waals surface area (Å²) in [5.74, 6) is 2.07. The van der Waals surface area contributed by atoms with Gasteiger partial charge in [-0.15, -0.1) is 0 Å². The lowest BCUT2D eigenvalue weighted by atomic mass is 9.86. The normalized spacial score (nSPS) is 19.1. The molecule has 1 amide bonds. The van der Waals surface area contributed by atoms with Crippen molar-refractivity contribution < 1.29 is 4.79 Å². The van der Waals surface area contributed by atoms with Crippen LogP contribution in [0.15, 0.2) is 30.3 Å². The molecule has 1 saturated carbocycles. The second kappa shape index (κ2) is 9.24. The predicted octanol–water partition coefficient (Wildman–Crippen LogP) is 3.91. The lowest BCUT2D eigenvalue weighted by Gasteiger charge is -2.29. The van der Waals surface area contributed by atoms with Crippen LogP contribution in [0.3, 0.4) is 0 Å². The minimum atomic E-state index is -0.0405. The van der Waals surface area contributed by atoms with E-state index in [2.05, 4.69) is 20.6 Å². The van der Waals surface area contributed by atoms with Gasteiger partial charge < -0.3 is 15.5 Å². The number of halogens is 1. The molecular formula is C21H28ClN5O. The Morgan fingerprint density at radius 2 is 1.82 bits per heavy atom. The van der Waals surface area contributed by atoms with Crippen LogP contribution in [0, 0.1) is 12.8 Å². The highest BCUT2D eigenvalue weighted by molar-refractivity contribution is 6.30. The first-order chi connectivity index (χ1) is 13.4. The summed E-state index contributed by atoms with van der Waals surface area (Å²) in [7, 11) is 3.96. The van der Waals surface area contributed by atoms with Crippen LogP contribution in [-0.2, 0) is 0 Å². The van der Waals surface area contributed by atoms with E-state index in [9.17, 15) is 4.79 Å². The number of benzene rings is 1. The van der Waals surface area contributed by atoms with E-state index in [1.54, 1.807) is 24.3 Å². The van der Waals surface area contributed by atoms with E-state index < -0.39 is 0 Å². The molecule has 1 aliphatic rings. The lowest BCUT2D eigenvalue weighted by Crippen LogP contribution is -2.34. The van der Waals surface area contributed by atoms with Gasteiger partial charge >= 0.3 is 0 Å². The Labute approximate surface area is 171 Å². The molecule has 1 aromatic heterocycles. The van der Waals surface area contributed by atoms with Gasteiger partial charge in [0.05, 0.1) is 0 Å². The SMILES string of the molecule is Cc1cc(N(C)C)nc(NC2CCC(CNC(=O)c3ccc(Cl)cc3)CC2)n1. The van der Waals surface area contributed by atoms with E-state index in [1.807, 2.05) is 32.0 Å². The van der Waals surface area contributed by atoms with Gasteiger partial charge in [0.2, 0.25) is 5.95 Å². The first-order valence-corrected chi connectivity index (χ1v) is 10.1. The zero-order valence-corrected chi connectivity index (χ0v) is 17.5. The van der Waals surface area contributed by atoms with Crippen LogP contribution in [0.25, 0.3) is 0 Å². The molecule has 6 nitrogen and oxygen atoms in total. The predicted molar refractivity (Wildman–Crippen MR) is 114 cm³/mol. The number of hydrogen-bond donors (Lipinski definition) is 2. The maximum absolute atomic E-state index is 12.2. The summed E-state index contributed by atoms with van der Waals surface area (Å²) in [6.07, 6.45) is 4.25. The summed E-state index contributed by atoms with van der Waals surface area (Å²) in [5, 5.41) is 7.17. The molecule has 2 N–H and O–H groups in total. The van der Waals surface area contributed by atoms with Crippen molar-refractivity contribution in [2.24, 2.45) is 5.92 Å². The van der Waals surface area contributed by atoms with Gasteiger partial charge in [-0.2, -0.15) is 4.98 Å². The Morgan fingerprint density at radius 1 is 1.14 bits per heavy atom. The third kappa shape index (κ3) is 5.58. The Hall–Kier alpha value is -2.34. The number of nitrogens with zero attached hydrogens (tertiary/aromatic N) is 3. The van der Waals surface area contributed by atoms with E-state index in [4.69, 9.17) is 11.6 Å². The Bertz CT molecular complexity index is 801. The summed E-state index contributed by atoms with van der Waals surface area (Å²) in [4.78, 5) is 23.3. The van der Waals surface area contributed by atoms with Gasteiger partial charge in [-0.05, 0) is 62.8 Å². The third-order valence-electron chi connectivity index (χ3n) is 5.14. The molecule has 0 atom stereocenters. The lowest BCUT2D eigenvalue weighted by molar-refractivity contribution is 0.0943. The molecule has 1 aromatic carbocycles. The van der Waals surface area contributed by atoms with Gasteiger partial charge in [-0.3, -0.25) is 4.79 Å². The monoisotopic (exact) mass is 401 g/mol. The highest BCUT2D eigenvalue weighted by Gasteiger charge is 2.22. The molecule has 0 spiro atoms. The summed E-state index contributed by atoms with van der Waals surface area (Å²) >= 11 is 5.87. The Morgan fingerprint density at radius 3 is 2.46 bits per heavy atom. The summed E-state index contributed by atoms with van der Waals surface area (Å²) < 4.78 is 0. The fourth-order valence-corrected chi connectivity index (χ4v) is 3.61. The molecule has 1 aliphatic carbocycles. The van der Waals surface area contributed by atoms with E-state index >= 15 is 0 Å². The van der Waals surface area contributed by atoms with Gasteiger partial charge in [0.15, 0.2) is 0 Å². The van der Waals surface area contributed by atoms with Crippen molar-refractivity contribution in [1.29, 1.82) is 0 Å². The van der Waals surface area contributed by atoms with E-state index in [0.717, 1.165) is 37.2 Å². The summed E-state index contributed by atoms with van der Waals surface area (Å²) in [6, 6.07) is 9.33. The first-order valence-electron chi connectivity index (χ1n) is 9.74. The molecule has 1 fully saturated rings. The molecule has 0 saturated heterocycles. The number of amides is 1. The molecule has 7 heteroatoms. The van der Waals surface area contributed by atoms with E-state index in [1.165, 1.54) is 0 Å². The topological polar surface area (TPSA) is 70.2 Å². The van der Waals surface area contributed by atoms with Crippen molar-refractivity contribution in [3.05, 3.63) is 46.6 Å². The zero-order valence-electron chi connectivity index (χ0n) is 16.7. The summed E-state index contributed by atoms with van der Waals surface area (Å²) in [5.41, 5.74) is 1.60. The molecular weight excluding hydrogens is 374 g/mol. The van der Waals surface area contributed by atoms with Crippen molar-refractivity contribution in [3.8, 4) is 0 Å². The van der Waals surface area contributed by atoms with Crippen LogP contribution in [0.2, 0.25) is 5.02 Å². The minimum absolute atomic E-state index is 0.0405. The number of anilines is 2. The van der Waals surface area contributed by atoms with Crippen molar-refractivity contribution in [2.45, 2.75) is 38.6 Å². The van der Waals surface area contributed by atoms with Crippen LogP contribution < -0.4 is 15.5 Å². The van der Waals surface area contributed by atoms with Crippen LogP contribution >= 0.6 is 11.6 Å². The maximum atomic E-state index is 12.2. The van der Waals surface area contributed by atoms with Crippen molar-refractivity contribution in [2.75, 3.05) is 30.9 Å². The van der Waals surface area contributed by atoms with Crippen LogP contribution in [-0.4, -0.2) is 42.6 Å². The second-order valence-electron chi connectivity index (χ2n) is 7.66. The van der Waals surface area contributed by atoms with Crippen molar-refractivity contribution >= 4 is 29.3 Å². The number of aromatic nitrogens is 2. The summed E-state index contributed by atoms with van der Waals surface area (Å²) in [6.45, 7) is 2.69. The second-order valence-corrected chi connectivity index (χ2v) is 8.10. The highest BCUT2D eigenvalue weighted by atomic mass is 35.5. The van der Waals surface area contributed by atoms with Crippen LogP contribution in [0.4, 0.5) is 11.8 Å². The average molecular weight is 402 g/mol. The van der Waals surface area contributed by atoms with Crippen LogP contribution in [0.1, 0.15) is 41.7 Å². The number of hydrogen-bond acceptors (Lipinski definition) is 5. The maximum Gasteiger partial charge on any atom is 0.251 e. The number of carbonyl (C=O) groups is 1. The smallest absolute Gasteiger partial charge is 0.251 e. The molecule has 0 unspecified atom stereocenters. The van der Waals surface area contributed by atoms with Gasteiger partial charge in [0, 0.05) is 49.0 Å².